The van der Waals surface area contributed by atoms with E-state index in [1.54, 1.807) is 11.8 Å². The van der Waals surface area contributed by atoms with Crippen LogP contribution in [0.15, 0.2) is 24.3 Å². The van der Waals surface area contributed by atoms with Gasteiger partial charge in [0.25, 0.3) is 0 Å². The van der Waals surface area contributed by atoms with Crippen molar-refractivity contribution in [2.24, 2.45) is 5.73 Å². The first kappa shape index (κ1) is 16.3. The Hall–Kier alpha value is -1.07. The Balaban J connectivity index is 1.72. The Morgan fingerprint density at radius 2 is 2.10 bits per heavy atom. The van der Waals surface area contributed by atoms with E-state index in [4.69, 9.17) is 18.0 Å². The van der Waals surface area contributed by atoms with E-state index in [0.717, 1.165) is 29.7 Å². The molecule has 1 aliphatic carbocycles. The topological polar surface area (TPSA) is 55.1 Å². The summed E-state index contributed by atoms with van der Waals surface area (Å²) in [7, 11) is 0. The molecule has 0 spiro atoms. The molecular weight excluding hydrogens is 300 g/mol. The highest BCUT2D eigenvalue weighted by Crippen LogP contribution is 2.18. The molecule has 2 rings (SSSR count). The summed E-state index contributed by atoms with van der Waals surface area (Å²) in [6, 6.07) is 8.28. The van der Waals surface area contributed by atoms with Crippen LogP contribution in [0.2, 0.25) is 0 Å². The second kappa shape index (κ2) is 8.39. The number of nitrogens with one attached hydrogen (secondary N) is 1. The van der Waals surface area contributed by atoms with Gasteiger partial charge in [0.1, 0.15) is 4.99 Å². The predicted octanol–water partition coefficient (Wildman–Crippen LogP) is 3.00. The first-order chi connectivity index (χ1) is 10.1. The Kier molecular flexibility index (Phi) is 6.51. The lowest BCUT2D eigenvalue weighted by molar-refractivity contribution is -0.119. The lowest BCUT2D eigenvalue weighted by Gasteiger charge is -2.22. The molecule has 0 heterocycles. The quantitative estimate of drug-likeness (QED) is 0.791. The molecule has 1 aliphatic rings. The van der Waals surface area contributed by atoms with E-state index < -0.39 is 0 Å². The molecule has 0 aliphatic heterocycles. The van der Waals surface area contributed by atoms with Crippen LogP contribution >= 0.6 is 24.0 Å². The zero-order valence-corrected chi connectivity index (χ0v) is 13.8. The van der Waals surface area contributed by atoms with E-state index in [9.17, 15) is 4.79 Å². The van der Waals surface area contributed by atoms with Gasteiger partial charge in [-0.25, -0.2) is 0 Å². The van der Waals surface area contributed by atoms with Crippen LogP contribution in [0.3, 0.4) is 0 Å². The highest BCUT2D eigenvalue weighted by Gasteiger charge is 2.15. The highest BCUT2D eigenvalue weighted by atomic mass is 32.2. The zero-order valence-electron chi connectivity index (χ0n) is 12.1. The Morgan fingerprint density at radius 3 is 2.81 bits per heavy atom. The van der Waals surface area contributed by atoms with Crippen molar-refractivity contribution in [2.75, 3.05) is 5.75 Å². The molecule has 0 bridgehead atoms. The molecule has 0 saturated heterocycles. The third-order valence-corrected chi connectivity index (χ3v) is 4.92. The van der Waals surface area contributed by atoms with Gasteiger partial charge in [-0.15, -0.1) is 11.8 Å². The standard InChI is InChI=1S/C16H22N2OS2/c17-16(20)13-6-4-5-12(9-13)10-21-11-15(19)18-14-7-2-1-3-8-14/h4-6,9,14H,1-3,7-8,10-11H2,(H2,17,20)(H,18,19). The maximum Gasteiger partial charge on any atom is 0.230 e. The second-order valence-electron chi connectivity index (χ2n) is 5.46. The zero-order chi connectivity index (χ0) is 15.1. The molecule has 1 aromatic carbocycles. The van der Waals surface area contributed by atoms with Gasteiger partial charge >= 0.3 is 0 Å². The van der Waals surface area contributed by atoms with Gasteiger partial charge in [-0.2, -0.15) is 0 Å². The lowest BCUT2D eigenvalue weighted by atomic mass is 9.95. The molecule has 114 valence electrons. The van der Waals surface area contributed by atoms with Gasteiger partial charge < -0.3 is 11.1 Å². The van der Waals surface area contributed by atoms with Gasteiger partial charge in [0.2, 0.25) is 5.91 Å². The number of thiocarbonyl (C=S) groups is 1. The summed E-state index contributed by atoms with van der Waals surface area (Å²) in [6.07, 6.45) is 6.05. The first-order valence-corrected chi connectivity index (χ1v) is 8.97. The minimum Gasteiger partial charge on any atom is -0.389 e. The van der Waals surface area contributed by atoms with E-state index >= 15 is 0 Å². The minimum absolute atomic E-state index is 0.150. The van der Waals surface area contributed by atoms with Crippen LogP contribution < -0.4 is 11.1 Å². The summed E-state index contributed by atoms with van der Waals surface area (Å²) < 4.78 is 0. The average Bonchev–Trinajstić information content (AvgIpc) is 2.48. The molecule has 21 heavy (non-hydrogen) atoms. The van der Waals surface area contributed by atoms with Crippen LogP contribution in [0.1, 0.15) is 43.2 Å². The predicted molar refractivity (Wildman–Crippen MR) is 93.5 cm³/mol. The maximum absolute atomic E-state index is 11.9. The third kappa shape index (κ3) is 5.67. The SMILES string of the molecule is NC(=S)c1cccc(CSCC(=O)NC2CCCCC2)c1. The molecule has 3 nitrogen and oxygen atoms in total. The summed E-state index contributed by atoms with van der Waals surface area (Å²) in [5.41, 5.74) is 7.66. The molecule has 1 amide bonds. The summed E-state index contributed by atoms with van der Waals surface area (Å²) in [4.78, 5) is 12.3. The molecule has 1 aromatic rings. The summed E-state index contributed by atoms with van der Waals surface area (Å²) in [5, 5.41) is 3.13. The first-order valence-electron chi connectivity index (χ1n) is 7.41. The molecule has 1 fully saturated rings. The molecule has 0 radical (unpaired) electrons. The Bertz CT molecular complexity index is 499. The smallest absolute Gasteiger partial charge is 0.230 e. The Labute approximate surface area is 136 Å². The van der Waals surface area contributed by atoms with Crippen molar-refractivity contribution >= 4 is 34.9 Å². The molecule has 1 saturated carbocycles. The van der Waals surface area contributed by atoms with E-state index in [1.165, 1.54) is 19.3 Å². The van der Waals surface area contributed by atoms with Crippen molar-refractivity contribution in [3.05, 3.63) is 35.4 Å². The van der Waals surface area contributed by atoms with Crippen molar-refractivity contribution in [1.29, 1.82) is 0 Å². The van der Waals surface area contributed by atoms with Crippen LogP contribution in [0.5, 0.6) is 0 Å². The summed E-state index contributed by atoms with van der Waals surface area (Å²) in [5.74, 6) is 1.46. The number of carbonyl (C=O) groups excluding carboxylic acids is 1. The number of rotatable bonds is 6. The number of nitrogens with two attached hydrogens (primary N) is 1. The number of carbonyl (C=O) groups is 1. The van der Waals surface area contributed by atoms with Crippen molar-refractivity contribution in [3.63, 3.8) is 0 Å². The lowest BCUT2D eigenvalue weighted by Crippen LogP contribution is -2.37. The van der Waals surface area contributed by atoms with Crippen molar-refractivity contribution in [1.82, 2.24) is 5.32 Å². The van der Waals surface area contributed by atoms with E-state index in [-0.39, 0.29) is 5.91 Å². The molecule has 5 heteroatoms. The van der Waals surface area contributed by atoms with E-state index in [1.807, 2.05) is 24.3 Å². The number of amides is 1. The monoisotopic (exact) mass is 322 g/mol. The second-order valence-corrected chi connectivity index (χ2v) is 6.89. The largest absolute Gasteiger partial charge is 0.389 e. The molecule has 0 aromatic heterocycles. The average molecular weight is 322 g/mol. The number of hydrogen-bond acceptors (Lipinski definition) is 3. The highest BCUT2D eigenvalue weighted by molar-refractivity contribution is 7.99. The molecule has 0 unspecified atom stereocenters. The van der Waals surface area contributed by atoms with Crippen molar-refractivity contribution < 1.29 is 4.79 Å². The van der Waals surface area contributed by atoms with Gasteiger partial charge in [0.15, 0.2) is 0 Å². The minimum atomic E-state index is 0.150. The number of thioether (sulfide) groups is 1. The van der Waals surface area contributed by atoms with Crippen LogP contribution in [-0.2, 0) is 10.5 Å². The normalized spacial score (nSPS) is 15.6. The van der Waals surface area contributed by atoms with Crippen molar-refractivity contribution in [3.8, 4) is 0 Å². The fraction of sp³-hybridized carbons (Fsp3) is 0.500. The fourth-order valence-electron chi connectivity index (χ4n) is 2.59. The van der Waals surface area contributed by atoms with Gasteiger partial charge in [0.05, 0.1) is 5.75 Å². The maximum atomic E-state index is 11.9. The van der Waals surface area contributed by atoms with Gasteiger partial charge in [-0.05, 0) is 24.5 Å². The van der Waals surface area contributed by atoms with Crippen LogP contribution in [0, 0.1) is 0 Å². The molecule has 3 N–H and O–H groups in total. The van der Waals surface area contributed by atoms with Gasteiger partial charge in [-0.1, -0.05) is 49.7 Å². The van der Waals surface area contributed by atoms with E-state index in [2.05, 4.69) is 5.32 Å². The number of hydrogen-bond donors (Lipinski definition) is 2. The fourth-order valence-corrected chi connectivity index (χ4v) is 3.51. The van der Waals surface area contributed by atoms with Crippen LogP contribution in [0.4, 0.5) is 0 Å². The van der Waals surface area contributed by atoms with Crippen molar-refractivity contribution in [2.45, 2.75) is 43.9 Å². The molecular formula is C16H22N2OS2. The summed E-state index contributed by atoms with van der Waals surface area (Å²) >= 11 is 6.60. The van der Waals surface area contributed by atoms with Crippen LogP contribution in [0.25, 0.3) is 0 Å². The van der Waals surface area contributed by atoms with E-state index in [0.29, 0.717) is 16.8 Å². The van der Waals surface area contributed by atoms with Crippen LogP contribution in [-0.4, -0.2) is 22.7 Å². The molecule has 0 atom stereocenters. The summed E-state index contributed by atoms with van der Waals surface area (Å²) in [6.45, 7) is 0. The Morgan fingerprint density at radius 1 is 1.33 bits per heavy atom. The van der Waals surface area contributed by atoms with Gasteiger partial charge in [0, 0.05) is 17.4 Å². The number of benzene rings is 1. The van der Waals surface area contributed by atoms with Gasteiger partial charge in [-0.3, -0.25) is 4.79 Å². The third-order valence-electron chi connectivity index (χ3n) is 3.68.